The number of nitrogens with zero attached hydrogens (tertiary/aromatic N) is 1. The molecule has 0 aromatic rings. The van der Waals surface area contributed by atoms with Gasteiger partial charge in [0.05, 0.1) is 6.04 Å². The van der Waals surface area contributed by atoms with E-state index in [0.717, 1.165) is 5.92 Å². The van der Waals surface area contributed by atoms with Crippen molar-refractivity contribution >= 4 is 16.9 Å². The van der Waals surface area contributed by atoms with Gasteiger partial charge in [-0.15, -0.1) is 0 Å². The van der Waals surface area contributed by atoms with Crippen LogP contribution >= 0.6 is 11.8 Å². The van der Waals surface area contributed by atoms with Gasteiger partial charge in [0.15, 0.2) is 5.17 Å². The summed E-state index contributed by atoms with van der Waals surface area (Å²) in [6, 6.07) is 1.30. The van der Waals surface area contributed by atoms with E-state index in [9.17, 15) is 0 Å². The maximum Gasteiger partial charge on any atom is 0.157 e. The minimum Gasteiger partial charge on any atom is -0.361 e. The lowest BCUT2D eigenvalue weighted by molar-refractivity contribution is 0.666. The molecule has 1 heterocycles. The van der Waals surface area contributed by atoms with E-state index < -0.39 is 0 Å². The molecule has 2 fully saturated rings. The maximum absolute atomic E-state index is 4.64. The number of hydrogen-bond acceptors (Lipinski definition) is 2. The lowest BCUT2D eigenvalue weighted by Crippen LogP contribution is -2.26. The molecule has 0 bridgehead atoms. The second kappa shape index (κ2) is 3.29. The van der Waals surface area contributed by atoms with Gasteiger partial charge in [0.1, 0.15) is 0 Å². The highest BCUT2D eigenvalue weighted by Crippen LogP contribution is 2.34. The molecule has 0 amide bonds. The van der Waals surface area contributed by atoms with Crippen LogP contribution < -0.4 is 5.32 Å². The molecule has 12 heavy (non-hydrogen) atoms. The van der Waals surface area contributed by atoms with Crippen molar-refractivity contribution in [1.29, 1.82) is 0 Å². The van der Waals surface area contributed by atoms with E-state index in [2.05, 4.69) is 24.2 Å². The van der Waals surface area contributed by atoms with Crippen LogP contribution in [0.15, 0.2) is 4.99 Å². The number of thioether (sulfide) groups is 1. The summed E-state index contributed by atoms with van der Waals surface area (Å²) >= 11 is 1.88. The van der Waals surface area contributed by atoms with Crippen LogP contribution in [0, 0.1) is 5.92 Å². The van der Waals surface area contributed by atoms with Crippen LogP contribution in [-0.2, 0) is 0 Å². The number of rotatable bonds is 2. The Morgan fingerprint density at radius 1 is 1.67 bits per heavy atom. The molecule has 3 atom stereocenters. The fraction of sp³-hybridized carbons (Fsp3) is 0.889. The van der Waals surface area contributed by atoms with Gasteiger partial charge in [-0.05, 0) is 18.8 Å². The first-order valence-corrected chi connectivity index (χ1v) is 5.75. The molecule has 1 saturated heterocycles. The Morgan fingerprint density at radius 3 is 2.92 bits per heavy atom. The van der Waals surface area contributed by atoms with Gasteiger partial charge in [-0.25, -0.2) is 0 Å². The topological polar surface area (TPSA) is 24.4 Å². The predicted octanol–water partition coefficient (Wildman–Crippen LogP) is 1.87. The molecule has 3 unspecified atom stereocenters. The Hall–Kier alpha value is -0.180. The molecular formula is C9H16N2S. The first kappa shape index (κ1) is 8.42. The summed E-state index contributed by atoms with van der Waals surface area (Å²) in [4.78, 5) is 4.64. The standard InChI is InChI=1S/C9H16N2S/c1-3-7-5-12-9(10-7)11-8-4-6(8)2/h6-8H,3-5H2,1-2H3,(H,10,11). The highest BCUT2D eigenvalue weighted by atomic mass is 32.2. The van der Waals surface area contributed by atoms with Crippen molar-refractivity contribution in [1.82, 2.24) is 5.32 Å². The number of amidine groups is 1. The van der Waals surface area contributed by atoms with Crippen molar-refractivity contribution in [2.45, 2.75) is 38.8 Å². The molecule has 1 N–H and O–H groups in total. The molecule has 1 aliphatic carbocycles. The molecule has 0 spiro atoms. The minimum atomic E-state index is 0.635. The van der Waals surface area contributed by atoms with Crippen LogP contribution in [0.4, 0.5) is 0 Å². The summed E-state index contributed by atoms with van der Waals surface area (Å²) in [6.45, 7) is 4.49. The van der Waals surface area contributed by atoms with Crippen molar-refractivity contribution in [2.24, 2.45) is 10.9 Å². The molecular weight excluding hydrogens is 168 g/mol. The van der Waals surface area contributed by atoms with Gasteiger partial charge in [0, 0.05) is 11.8 Å². The fourth-order valence-electron chi connectivity index (χ4n) is 1.36. The molecule has 68 valence electrons. The van der Waals surface area contributed by atoms with E-state index in [0.29, 0.717) is 12.1 Å². The van der Waals surface area contributed by atoms with E-state index in [1.165, 1.54) is 23.8 Å². The van der Waals surface area contributed by atoms with Crippen LogP contribution in [0.5, 0.6) is 0 Å². The second-order valence-corrected chi connectivity index (χ2v) is 4.78. The summed E-state index contributed by atoms with van der Waals surface area (Å²) in [6.07, 6.45) is 2.51. The Morgan fingerprint density at radius 2 is 2.42 bits per heavy atom. The van der Waals surface area contributed by atoms with E-state index in [1.807, 2.05) is 11.8 Å². The summed E-state index contributed by atoms with van der Waals surface area (Å²) < 4.78 is 0. The molecule has 1 saturated carbocycles. The van der Waals surface area contributed by atoms with Crippen LogP contribution in [-0.4, -0.2) is 23.0 Å². The number of hydrogen-bond donors (Lipinski definition) is 1. The zero-order valence-electron chi connectivity index (χ0n) is 7.71. The molecule has 0 aromatic heterocycles. The monoisotopic (exact) mass is 184 g/mol. The lowest BCUT2D eigenvalue weighted by atomic mass is 10.3. The van der Waals surface area contributed by atoms with Crippen molar-refractivity contribution < 1.29 is 0 Å². The SMILES string of the molecule is CCC1CSC(=NC2CC2C)N1. The Balaban J connectivity index is 1.86. The average molecular weight is 184 g/mol. The lowest BCUT2D eigenvalue weighted by Gasteiger charge is -2.04. The van der Waals surface area contributed by atoms with Crippen LogP contribution in [0.1, 0.15) is 26.7 Å². The van der Waals surface area contributed by atoms with Gasteiger partial charge < -0.3 is 5.32 Å². The maximum atomic E-state index is 4.64. The summed E-state index contributed by atoms with van der Waals surface area (Å²) in [5.74, 6) is 2.04. The van der Waals surface area contributed by atoms with Crippen LogP contribution in [0.25, 0.3) is 0 Å². The van der Waals surface area contributed by atoms with Crippen LogP contribution in [0.3, 0.4) is 0 Å². The normalized spacial score (nSPS) is 43.2. The summed E-state index contributed by atoms with van der Waals surface area (Å²) in [7, 11) is 0. The average Bonchev–Trinajstić information content (AvgIpc) is 2.61. The molecule has 3 heteroatoms. The number of nitrogens with one attached hydrogen (secondary N) is 1. The van der Waals surface area contributed by atoms with Gasteiger partial charge in [-0.1, -0.05) is 25.6 Å². The van der Waals surface area contributed by atoms with Gasteiger partial charge >= 0.3 is 0 Å². The van der Waals surface area contributed by atoms with Crippen molar-refractivity contribution in [2.75, 3.05) is 5.75 Å². The molecule has 0 radical (unpaired) electrons. The van der Waals surface area contributed by atoms with Gasteiger partial charge in [0.25, 0.3) is 0 Å². The van der Waals surface area contributed by atoms with E-state index in [1.54, 1.807) is 0 Å². The second-order valence-electron chi connectivity index (χ2n) is 3.78. The van der Waals surface area contributed by atoms with E-state index >= 15 is 0 Å². The van der Waals surface area contributed by atoms with Gasteiger partial charge in [-0.2, -0.15) is 0 Å². The third-order valence-electron chi connectivity index (χ3n) is 2.59. The highest BCUT2D eigenvalue weighted by Gasteiger charge is 2.33. The highest BCUT2D eigenvalue weighted by molar-refractivity contribution is 8.14. The third-order valence-corrected chi connectivity index (χ3v) is 3.66. The minimum absolute atomic E-state index is 0.635. The smallest absolute Gasteiger partial charge is 0.157 e. The van der Waals surface area contributed by atoms with E-state index in [-0.39, 0.29) is 0 Å². The predicted molar refractivity (Wildman–Crippen MR) is 54.7 cm³/mol. The van der Waals surface area contributed by atoms with Crippen molar-refractivity contribution in [3.8, 4) is 0 Å². The Kier molecular flexibility index (Phi) is 2.31. The largest absolute Gasteiger partial charge is 0.361 e. The quantitative estimate of drug-likeness (QED) is 0.708. The van der Waals surface area contributed by atoms with Crippen molar-refractivity contribution in [3.05, 3.63) is 0 Å². The molecule has 0 aromatic carbocycles. The van der Waals surface area contributed by atoms with Gasteiger partial charge in [0.2, 0.25) is 0 Å². The molecule has 1 aliphatic heterocycles. The first-order valence-electron chi connectivity index (χ1n) is 4.76. The number of aliphatic imine (C=N–C) groups is 1. The molecule has 2 aliphatic rings. The Bertz CT molecular complexity index is 203. The van der Waals surface area contributed by atoms with Crippen molar-refractivity contribution in [3.63, 3.8) is 0 Å². The zero-order chi connectivity index (χ0) is 8.55. The zero-order valence-corrected chi connectivity index (χ0v) is 8.53. The van der Waals surface area contributed by atoms with Gasteiger partial charge in [-0.3, -0.25) is 4.99 Å². The summed E-state index contributed by atoms with van der Waals surface area (Å²) in [5, 5.41) is 4.64. The fourth-order valence-corrected chi connectivity index (χ4v) is 2.50. The Labute approximate surface area is 78.2 Å². The van der Waals surface area contributed by atoms with Crippen LogP contribution in [0.2, 0.25) is 0 Å². The first-order chi connectivity index (χ1) is 5.79. The third kappa shape index (κ3) is 1.76. The van der Waals surface area contributed by atoms with E-state index in [4.69, 9.17) is 0 Å². The molecule has 2 rings (SSSR count). The molecule has 2 nitrogen and oxygen atoms in total. The summed E-state index contributed by atoms with van der Waals surface area (Å²) in [5.41, 5.74) is 0.